The first-order valence-corrected chi connectivity index (χ1v) is 31.6. The van der Waals surface area contributed by atoms with Crippen LogP contribution in [0.25, 0.3) is 89.3 Å². The van der Waals surface area contributed by atoms with Gasteiger partial charge in [0.25, 0.3) is 0 Å². The smallest absolute Gasteiger partial charge is 0.0705 e. The van der Waals surface area contributed by atoms with Crippen LogP contribution >= 0.6 is 11.6 Å². The van der Waals surface area contributed by atoms with E-state index in [0.717, 1.165) is 78.1 Å². The topological polar surface area (TPSA) is 25.8 Å². The Bertz CT molecular complexity index is 3860. The number of nitrogens with zero attached hydrogens (tertiary/aromatic N) is 2. The monoisotopic (exact) mass is 1220 g/mol. The second-order valence-electron chi connectivity index (χ2n) is 21.4. The highest BCUT2D eigenvalue weighted by Gasteiger charge is 2.15. The third-order valence-electron chi connectivity index (χ3n) is 14.7. The highest BCUT2D eigenvalue weighted by Crippen LogP contribution is 2.40. The van der Waals surface area contributed by atoms with Crippen LogP contribution in [0.1, 0.15) is 11.1 Å². The Balaban J connectivity index is 0.000000224. The number of pyridine rings is 2. The lowest BCUT2D eigenvalue weighted by atomic mass is 9.90. The van der Waals surface area contributed by atoms with Gasteiger partial charge in [-0.1, -0.05) is 388 Å². The van der Waals surface area contributed by atoms with Crippen LogP contribution in [0.5, 0.6) is 0 Å². The maximum Gasteiger partial charge on any atom is 0.0705 e. The number of hydrogen-bond donors (Lipinski definition) is 0. The largest absolute Gasteiger partial charge is 0.256 e. The molecule has 0 unspecified atom stereocenters. The zero-order chi connectivity index (χ0) is 64.2. The summed E-state index contributed by atoms with van der Waals surface area (Å²) in [5, 5.41) is 0.693. The minimum Gasteiger partial charge on any atom is -0.256 e. The number of benzene rings is 13. The van der Waals surface area contributed by atoms with Gasteiger partial charge < -0.3 is 0 Å². The molecule has 2 nitrogen and oxygen atoms in total. The van der Waals surface area contributed by atoms with E-state index in [0.29, 0.717) is 5.02 Å². The lowest BCUT2D eigenvalue weighted by Gasteiger charge is -2.15. The average Bonchev–Trinajstić information content (AvgIpc) is 0.887. The molecule has 0 saturated heterocycles. The molecule has 0 aliphatic carbocycles. The van der Waals surface area contributed by atoms with Crippen molar-refractivity contribution in [1.29, 1.82) is 0 Å². The van der Waals surface area contributed by atoms with E-state index >= 15 is 0 Å². The molecule has 0 fully saturated rings. The van der Waals surface area contributed by atoms with Gasteiger partial charge in [0.15, 0.2) is 0 Å². The Morgan fingerprint density at radius 2 is 0.376 bits per heavy atom. The standard InChI is InChI=1S/C54H39ClN2.6C6H6/c1-36-29-53(56-34-51(36)38-13-5-3-6-14-38)42-25-21-40(22-26-42)47-17-9-11-19-49(47)44-31-45(33-46(55)32-44)50-20-12-10-18-48(50)41-23-27-43(28-24-41)54-30-37(2)52(35-57-54)39-15-7-4-8-16-39;6*1-2-4-6-5-3-1/h3-35H,1-2H3;6*1-6H. The Morgan fingerprint density at radius 3 is 0.613 bits per heavy atom. The summed E-state index contributed by atoms with van der Waals surface area (Å²) in [4.78, 5) is 9.69. The molecule has 0 aliphatic heterocycles. The molecular weight excluding hydrogens is 1140 g/mol. The van der Waals surface area contributed by atoms with E-state index in [2.05, 4.69) is 190 Å². The van der Waals surface area contributed by atoms with Crippen LogP contribution in [0.3, 0.4) is 0 Å². The molecule has 0 radical (unpaired) electrons. The van der Waals surface area contributed by atoms with Crippen molar-refractivity contribution in [2.45, 2.75) is 13.8 Å². The first kappa shape index (κ1) is 65.9. The number of rotatable bonds is 8. The molecule has 2 heterocycles. The Kier molecular flexibility index (Phi) is 26.5. The number of halogens is 1. The second kappa shape index (κ2) is 37.4. The van der Waals surface area contributed by atoms with E-state index in [4.69, 9.17) is 21.6 Å². The van der Waals surface area contributed by atoms with Crippen LogP contribution in [-0.4, -0.2) is 9.97 Å². The van der Waals surface area contributed by atoms with Gasteiger partial charge in [-0.2, -0.15) is 0 Å². The molecule has 0 saturated carbocycles. The van der Waals surface area contributed by atoms with E-state index in [1.165, 1.54) is 22.3 Å². The van der Waals surface area contributed by atoms with Crippen molar-refractivity contribution in [2.24, 2.45) is 0 Å². The average molecular weight is 1220 g/mol. The van der Waals surface area contributed by atoms with Gasteiger partial charge in [0.05, 0.1) is 11.4 Å². The van der Waals surface area contributed by atoms with E-state index in [1.807, 2.05) is 243 Å². The van der Waals surface area contributed by atoms with Crippen LogP contribution in [-0.2, 0) is 0 Å². The fraction of sp³-hybridized carbons (Fsp3) is 0.0222. The van der Waals surface area contributed by atoms with Gasteiger partial charge in [-0.05, 0) is 111 Å². The lowest BCUT2D eigenvalue weighted by Crippen LogP contribution is -1.91. The summed E-state index contributed by atoms with van der Waals surface area (Å²) in [6.07, 6.45) is 3.97. The van der Waals surface area contributed by atoms with Gasteiger partial charge in [-0.15, -0.1) is 0 Å². The van der Waals surface area contributed by atoms with Crippen molar-refractivity contribution in [2.75, 3.05) is 0 Å². The van der Waals surface area contributed by atoms with Gasteiger partial charge in [0.2, 0.25) is 0 Å². The number of aryl methyl sites for hydroxylation is 2. The van der Waals surface area contributed by atoms with Crippen molar-refractivity contribution in [1.82, 2.24) is 9.97 Å². The summed E-state index contributed by atoms with van der Waals surface area (Å²) in [5.74, 6) is 0. The van der Waals surface area contributed by atoms with Gasteiger partial charge in [-0.3, -0.25) is 9.97 Å². The SMILES string of the molecule is Cc1cc(-c2ccc(-c3ccccc3-c3cc(Cl)cc(-c4ccccc4-c4ccc(-c5cc(C)c(-c6ccccc6)cn5)cc4)c3)cc2)ncc1-c1ccccc1.c1ccccc1.c1ccccc1.c1ccccc1.c1ccccc1.c1ccccc1.c1ccccc1. The molecule has 15 aromatic rings. The van der Waals surface area contributed by atoms with E-state index in [9.17, 15) is 0 Å². The molecular formula is C90H75ClN2. The molecule has 0 aliphatic rings. The lowest BCUT2D eigenvalue weighted by molar-refractivity contribution is 1.29. The van der Waals surface area contributed by atoms with Crippen LogP contribution in [0.15, 0.2) is 419 Å². The van der Waals surface area contributed by atoms with Crippen LogP contribution in [0, 0.1) is 13.8 Å². The van der Waals surface area contributed by atoms with Gasteiger partial charge >= 0.3 is 0 Å². The van der Waals surface area contributed by atoms with Crippen LogP contribution in [0.2, 0.25) is 5.02 Å². The molecule has 15 rings (SSSR count). The zero-order valence-electron chi connectivity index (χ0n) is 52.6. The molecule has 0 amide bonds. The highest BCUT2D eigenvalue weighted by molar-refractivity contribution is 6.31. The van der Waals surface area contributed by atoms with Gasteiger partial charge in [-0.25, -0.2) is 0 Å². The maximum atomic E-state index is 6.94. The molecule has 2 aromatic heterocycles. The summed E-state index contributed by atoms with van der Waals surface area (Å²) in [6.45, 7) is 4.30. The van der Waals surface area contributed by atoms with Crippen molar-refractivity contribution in [3.8, 4) is 89.3 Å². The molecule has 0 N–H and O–H groups in total. The van der Waals surface area contributed by atoms with Crippen LogP contribution in [0.4, 0.5) is 0 Å². The van der Waals surface area contributed by atoms with Crippen molar-refractivity contribution >= 4 is 11.6 Å². The first-order chi connectivity index (χ1) is 46.0. The zero-order valence-corrected chi connectivity index (χ0v) is 53.4. The summed E-state index contributed by atoms with van der Waals surface area (Å²) < 4.78 is 0. The Morgan fingerprint density at radius 1 is 0.183 bits per heavy atom. The van der Waals surface area contributed by atoms with E-state index < -0.39 is 0 Å². The second-order valence-corrected chi connectivity index (χ2v) is 21.8. The third kappa shape index (κ3) is 21.3. The molecule has 93 heavy (non-hydrogen) atoms. The summed E-state index contributed by atoms with van der Waals surface area (Å²) >= 11 is 6.94. The summed E-state index contributed by atoms with van der Waals surface area (Å²) in [5.41, 5.74) is 20.1. The fourth-order valence-electron chi connectivity index (χ4n) is 10.1. The molecule has 0 atom stereocenters. The van der Waals surface area contributed by atoms with Gasteiger partial charge in [0.1, 0.15) is 0 Å². The van der Waals surface area contributed by atoms with Crippen molar-refractivity contribution < 1.29 is 0 Å². The molecule has 3 heteroatoms. The first-order valence-electron chi connectivity index (χ1n) is 31.2. The minimum absolute atomic E-state index is 0.693. The summed E-state index contributed by atoms with van der Waals surface area (Å²) in [6, 6.07) is 138. The van der Waals surface area contributed by atoms with Crippen LogP contribution < -0.4 is 0 Å². The molecule has 0 bridgehead atoms. The van der Waals surface area contributed by atoms with Gasteiger partial charge in [0, 0.05) is 39.7 Å². The fourth-order valence-corrected chi connectivity index (χ4v) is 10.3. The normalized spacial score (nSPS) is 9.88. The van der Waals surface area contributed by atoms with E-state index in [-0.39, 0.29) is 0 Å². The Hall–Kier alpha value is -11.6. The quantitative estimate of drug-likeness (QED) is 0.152. The predicted octanol–water partition coefficient (Wildman–Crippen LogP) is 25.2. The number of hydrogen-bond acceptors (Lipinski definition) is 2. The molecule has 0 spiro atoms. The van der Waals surface area contributed by atoms with Crippen molar-refractivity contribution in [3.05, 3.63) is 435 Å². The maximum absolute atomic E-state index is 6.94. The number of aromatic nitrogens is 2. The molecule has 13 aromatic carbocycles. The predicted molar refractivity (Wildman–Crippen MR) is 399 cm³/mol. The van der Waals surface area contributed by atoms with E-state index in [1.54, 1.807) is 0 Å². The third-order valence-corrected chi connectivity index (χ3v) is 15.0. The summed E-state index contributed by atoms with van der Waals surface area (Å²) in [7, 11) is 0. The Labute approximate surface area is 556 Å². The minimum atomic E-state index is 0.693. The van der Waals surface area contributed by atoms with Crippen molar-refractivity contribution in [3.63, 3.8) is 0 Å². The molecule has 452 valence electrons. The highest BCUT2D eigenvalue weighted by atomic mass is 35.5.